The summed E-state index contributed by atoms with van der Waals surface area (Å²) in [6, 6.07) is 3.55. The summed E-state index contributed by atoms with van der Waals surface area (Å²) in [5.41, 5.74) is 1.96. The number of anilines is 1. The van der Waals surface area contributed by atoms with E-state index in [-0.39, 0.29) is 11.5 Å². The fourth-order valence-corrected chi connectivity index (χ4v) is 7.19. The van der Waals surface area contributed by atoms with Crippen molar-refractivity contribution in [3.8, 4) is 11.5 Å². The number of carbonyl (C=O) groups excluding carboxylic acids is 4. The molecule has 3 amide bonds. The van der Waals surface area contributed by atoms with E-state index in [9.17, 15) is 19.2 Å². The molecule has 2 heterocycles. The number of halogens is 1. The Balaban J connectivity index is 1.51. The number of methoxy groups -OCH3 is 1. The fourth-order valence-electron chi connectivity index (χ4n) is 4.28. The summed E-state index contributed by atoms with van der Waals surface area (Å²) < 4.78 is 17.1. The Hall–Kier alpha value is -2.58. The van der Waals surface area contributed by atoms with Gasteiger partial charge < -0.3 is 19.5 Å². The van der Waals surface area contributed by atoms with Crippen molar-refractivity contribution in [2.24, 2.45) is 0 Å². The van der Waals surface area contributed by atoms with Crippen LogP contribution >= 0.6 is 45.7 Å². The number of benzene rings is 1. The number of nitrogens with one attached hydrogen (secondary N) is 1. The van der Waals surface area contributed by atoms with Crippen LogP contribution in [0.4, 0.5) is 9.80 Å². The van der Waals surface area contributed by atoms with E-state index in [2.05, 4.69) is 27.9 Å². The van der Waals surface area contributed by atoms with E-state index < -0.39 is 29.6 Å². The predicted octanol–water partition coefficient (Wildman–Crippen LogP) is 5.49. The fraction of sp³-hybridized carbons (Fsp3) is 0.385. The van der Waals surface area contributed by atoms with Crippen LogP contribution in [0.25, 0.3) is 6.08 Å². The number of amides is 3. The molecule has 12 heteroatoms. The first-order valence-electron chi connectivity index (χ1n) is 12.1. The Labute approximate surface area is 242 Å². The summed E-state index contributed by atoms with van der Waals surface area (Å²) >= 11 is 4.25. The number of carbonyl (C=O) groups is 4. The summed E-state index contributed by atoms with van der Waals surface area (Å²) in [7, 11) is 1.53. The average Bonchev–Trinajstić information content (AvgIpc) is 3.37. The molecule has 0 saturated carbocycles. The van der Waals surface area contributed by atoms with E-state index in [1.165, 1.54) is 18.4 Å². The number of aryl methyl sites for hydroxylation is 1. The zero-order chi connectivity index (χ0) is 27.4. The van der Waals surface area contributed by atoms with Gasteiger partial charge in [0.15, 0.2) is 11.5 Å². The molecule has 0 radical (unpaired) electrons. The second kappa shape index (κ2) is 12.5. The molecule has 0 spiro atoms. The van der Waals surface area contributed by atoms with Crippen LogP contribution in [0.1, 0.15) is 53.1 Å². The van der Waals surface area contributed by atoms with Gasteiger partial charge in [-0.05, 0) is 103 Å². The molecule has 4 rings (SSSR count). The SMILES string of the molecule is CCOC(=O)c1c(NC(=O)CN2C(=O)SC(=Cc3cc(I)c(OCC)c(OC)c3)C2=O)sc2c1CCCC2. The summed E-state index contributed by atoms with van der Waals surface area (Å²) in [5.74, 6) is -0.476. The van der Waals surface area contributed by atoms with Crippen LogP contribution in [0.15, 0.2) is 17.0 Å². The molecular weight excluding hydrogens is 643 g/mol. The van der Waals surface area contributed by atoms with E-state index in [1.807, 2.05) is 13.0 Å². The van der Waals surface area contributed by atoms with Crippen molar-refractivity contribution in [3.63, 3.8) is 0 Å². The largest absolute Gasteiger partial charge is 0.493 e. The Bertz CT molecular complexity index is 1320. The highest BCUT2D eigenvalue weighted by Crippen LogP contribution is 2.40. The monoisotopic (exact) mass is 670 g/mol. The normalized spacial score (nSPS) is 16.0. The van der Waals surface area contributed by atoms with Gasteiger partial charge in [0.05, 0.1) is 34.4 Å². The molecule has 38 heavy (non-hydrogen) atoms. The number of fused-ring (bicyclic) bond motifs is 1. The highest BCUT2D eigenvalue weighted by molar-refractivity contribution is 14.1. The molecule has 1 fully saturated rings. The van der Waals surface area contributed by atoms with E-state index in [4.69, 9.17) is 14.2 Å². The first kappa shape index (κ1) is 28.4. The van der Waals surface area contributed by atoms with Gasteiger partial charge in [-0.1, -0.05) is 0 Å². The number of rotatable bonds is 9. The molecule has 1 saturated heterocycles. The lowest BCUT2D eigenvalue weighted by atomic mass is 9.95. The third kappa shape index (κ3) is 6.01. The molecule has 1 aliphatic carbocycles. The van der Waals surface area contributed by atoms with Gasteiger partial charge in [-0.25, -0.2) is 4.79 Å². The Morgan fingerprint density at radius 2 is 1.92 bits per heavy atom. The minimum absolute atomic E-state index is 0.198. The summed E-state index contributed by atoms with van der Waals surface area (Å²) in [6.45, 7) is 3.84. The number of hydrogen-bond acceptors (Lipinski definition) is 9. The first-order valence-corrected chi connectivity index (χ1v) is 14.9. The highest BCUT2D eigenvalue weighted by atomic mass is 127. The summed E-state index contributed by atoms with van der Waals surface area (Å²) in [4.78, 5) is 53.4. The molecule has 0 bridgehead atoms. The maximum atomic E-state index is 13.0. The van der Waals surface area contributed by atoms with E-state index >= 15 is 0 Å². The van der Waals surface area contributed by atoms with Crippen LogP contribution in [0.3, 0.4) is 0 Å². The number of thioether (sulfide) groups is 1. The molecule has 9 nitrogen and oxygen atoms in total. The average molecular weight is 671 g/mol. The van der Waals surface area contributed by atoms with E-state index in [1.54, 1.807) is 19.1 Å². The van der Waals surface area contributed by atoms with Crippen LogP contribution in [-0.2, 0) is 27.2 Å². The number of imide groups is 1. The van der Waals surface area contributed by atoms with Gasteiger partial charge in [-0.3, -0.25) is 19.3 Å². The Kier molecular flexibility index (Phi) is 9.36. The van der Waals surface area contributed by atoms with Crippen molar-refractivity contribution in [1.82, 2.24) is 4.90 Å². The van der Waals surface area contributed by atoms with E-state index in [0.717, 1.165) is 56.4 Å². The minimum Gasteiger partial charge on any atom is -0.493 e. The van der Waals surface area contributed by atoms with Crippen molar-refractivity contribution in [1.29, 1.82) is 0 Å². The summed E-state index contributed by atoms with van der Waals surface area (Å²) in [6.07, 6.45) is 5.16. The molecule has 0 unspecified atom stereocenters. The van der Waals surface area contributed by atoms with Crippen molar-refractivity contribution in [2.45, 2.75) is 39.5 Å². The molecule has 1 aromatic carbocycles. The number of nitrogens with zero attached hydrogens (tertiary/aromatic N) is 1. The van der Waals surface area contributed by atoms with Crippen molar-refractivity contribution in [2.75, 3.05) is 32.2 Å². The Morgan fingerprint density at radius 3 is 2.63 bits per heavy atom. The Morgan fingerprint density at radius 1 is 1.16 bits per heavy atom. The van der Waals surface area contributed by atoms with Crippen LogP contribution in [-0.4, -0.2) is 54.8 Å². The smallest absolute Gasteiger partial charge is 0.341 e. The number of esters is 1. The van der Waals surface area contributed by atoms with Crippen LogP contribution in [0.5, 0.6) is 11.5 Å². The first-order chi connectivity index (χ1) is 18.3. The van der Waals surface area contributed by atoms with Gasteiger partial charge in [-0.15, -0.1) is 11.3 Å². The zero-order valence-corrected chi connectivity index (χ0v) is 25.0. The second-order valence-corrected chi connectivity index (χ2v) is 11.7. The van der Waals surface area contributed by atoms with Gasteiger partial charge >= 0.3 is 5.97 Å². The van der Waals surface area contributed by atoms with Crippen molar-refractivity contribution in [3.05, 3.63) is 42.2 Å². The zero-order valence-electron chi connectivity index (χ0n) is 21.2. The number of ether oxygens (including phenoxy) is 3. The van der Waals surface area contributed by atoms with Crippen LogP contribution in [0.2, 0.25) is 0 Å². The second-order valence-electron chi connectivity index (χ2n) is 8.42. The lowest BCUT2D eigenvalue weighted by Crippen LogP contribution is -2.36. The van der Waals surface area contributed by atoms with Crippen molar-refractivity contribution >= 4 is 79.8 Å². The van der Waals surface area contributed by atoms with Gasteiger partial charge in [0.1, 0.15) is 11.5 Å². The lowest BCUT2D eigenvalue weighted by Gasteiger charge is -2.14. The topological polar surface area (TPSA) is 111 Å². The molecule has 0 atom stereocenters. The van der Waals surface area contributed by atoms with Gasteiger partial charge in [0.25, 0.3) is 11.1 Å². The van der Waals surface area contributed by atoms with Crippen LogP contribution < -0.4 is 14.8 Å². The molecule has 202 valence electrons. The van der Waals surface area contributed by atoms with Gasteiger partial charge in [-0.2, -0.15) is 0 Å². The predicted molar refractivity (Wildman–Crippen MR) is 155 cm³/mol. The molecule has 2 aromatic rings. The van der Waals surface area contributed by atoms with Gasteiger partial charge in [0, 0.05) is 4.88 Å². The maximum absolute atomic E-state index is 13.0. The third-order valence-corrected chi connectivity index (χ3v) is 8.83. The lowest BCUT2D eigenvalue weighted by molar-refractivity contribution is -0.127. The van der Waals surface area contributed by atoms with Crippen LogP contribution in [0, 0.1) is 3.57 Å². The molecule has 1 aromatic heterocycles. The van der Waals surface area contributed by atoms with Crippen molar-refractivity contribution < 1.29 is 33.4 Å². The minimum atomic E-state index is -0.561. The van der Waals surface area contributed by atoms with E-state index in [0.29, 0.717) is 34.2 Å². The highest BCUT2D eigenvalue weighted by Gasteiger charge is 2.37. The molecule has 1 aliphatic heterocycles. The summed E-state index contributed by atoms with van der Waals surface area (Å²) in [5, 5.41) is 2.61. The molecule has 2 aliphatic rings. The molecular formula is C26H27IN2O7S2. The third-order valence-electron chi connectivity index (χ3n) is 5.92. The van der Waals surface area contributed by atoms with Gasteiger partial charge in [0.2, 0.25) is 5.91 Å². The molecule has 1 N–H and O–H groups in total. The standard InChI is InChI=1S/C26H27IN2O7S2/c1-4-35-22-16(27)10-14(11-17(22)34-3)12-19-24(31)29(26(33)38-19)13-20(30)28-23-21(25(32)36-5-2)15-8-6-7-9-18(15)37-23/h10-12H,4-9,13H2,1-3H3,(H,28,30). The maximum Gasteiger partial charge on any atom is 0.341 e. The quantitative estimate of drug-likeness (QED) is 0.212. The number of hydrogen-bond donors (Lipinski definition) is 1. The number of thiophene rings is 1.